The number of benzene rings is 1. The molecule has 0 fully saturated rings. The first-order chi connectivity index (χ1) is 11.3. The Morgan fingerprint density at radius 3 is 2.62 bits per heavy atom. The number of nitrogens with zero attached hydrogens (tertiary/aromatic N) is 2. The summed E-state index contributed by atoms with van der Waals surface area (Å²) in [4.78, 5) is 18.4. The molecule has 5 heteroatoms. The number of likely N-dealkylation sites (N-methyl/N-ethyl adjacent to an activating group) is 1. The highest BCUT2D eigenvalue weighted by atomic mass is 16.3. The summed E-state index contributed by atoms with van der Waals surface area (Å²) >= 11 is 0. The summed E-state index contributed by atoms with van der Waals surface area (Å²) in [6.07, 6.45) is 1.71. The Labute approximate surface area is 143 Å². The minimum Gasteiger partial charge on any atom is -0.389 e. The third-order valence-corrected chi connectivity index (χ3v) is 3.60. The number of hydrogen-bond acceptors (Lipinski definition) is 3. The van der Waals surface area contributed by atoms with Gasteiger partial charge in [-0.1, -0.05) is 35.9 Å². The lowest BCUT2D eigenvalue weighted by Gasteiger charge is -2.28. The summed E-state index contributed by atoms with van der Waals surface area (Å²) in [5.74, 6) is 0. The van der Waals surface area contributed by atoms with Crippen molar-refractivity contribution in [2.75, 3.05) is 13.6 Å². The van der Waals surface area contributed by atoms with Crippen molar-refractivity contribution in [2.45, 2.75) is 32.4 Å². The van der Waals surface area contributed by atoms with Crippen molar-refractivity contribution in [3.05, 3.63) is 65.5 Å². The van der Waals surface area contributed by atoms with E-state index in [1.165, 1.54) is 4.90 Å². The first kappa shape index (κ1) is 17.9. The van der Waals surface area contributed by atoms with Crippen LogP contribution in [0.25, 0.3) is 0 Å². The van der Waals surface area contributed by atoms with Gasteiger partial charge < -0.3 is 15.3 Å². The largest absolute Gasteiger partial charge is 0.389 e. The number of urea groups is 1. The third-order valence-electron chi connectivity index (χ3n) is 3.60. The van der Waals surface area contributed by atoms with E-state index in [2.05, 4.69) is 10.3 Å². The van der Waals surface area contributed by atoms with Crippen LogP contribution in [0, 0.1) is 6.92 Å². The van der Waals surface area contributed by atoms with Crippen LogP contribution in [-0.2, 0) is 0 Å². The van der Waals surface area contributed by atoms with E-state index < -0.39 is 5.60 Å². The zero-order valence-electron chi connectivity index (χ0n) is 14.7. The molecule has 0 aliphatic carbocycles. The molecule has 1 aromatic carbocycles. The van der Waals surface area contributed by atoms with Crippen LogP contribution in [0.5, 0.6) is 0 Å². The molecule has 0 saturated carbocycles. The van der Waals surface area contributed by atoms with E-state index in [1.807, 2.05) is 49.4 Å². The summed E-state index contributed by atoms with van der Waals surface area (Å²) in [6.45, 7) is 5.60. The summed E-state index contributed by atoms with van der Waals surface area (Å²) in [7, 11) is 1.67. The number of nitrogens with one attached hydrogen (secondary N) is 1. The minimum atomic E-state index is -0.948. The van der Waals surface area contributed by atoms with Crippen LogP contribution in [0.4, 0.5) is 4.79 Å². The van der Waals surface area contributed by atoms with E-state index in [1.54, 1.807) is 27.1 Å². The normalized spacial score (nSPS) is 12.5. The smallest absolute Gasteiger partial charge is 0.318 e. The Kier molecular flexibility index (Phi) is 5.57. The number of amides is 2. The molecule has 0 spiro atoms. The Hall–Kier alpha value is -2.40. The molecular formula is C19H25N3O2. The van der Waals surface area contributed by atoms with Gasteiger partial charge >= 0.3 is 6.03 Å². The van der Waals surface area contributed by atoms with Gasteiger partial charge in [-0.15, -0.1) is 0 Å². The maximum Gasteiger partial charge on any atom is 0.318 e. The van der Waals surface area contributed by atoms with Gasteiger partial charge in [-0.05, 0) is 38.5 Å². The van der Waals surface area contributed by atoms with Crippen LogP contribution in [-0.4, -0.2) is 40.2 Å². The molecule has 2 N–H and O–H groups in total. The van der Waals surface area contributed by atoms with Crippen molar-refractivity contribution in [2.24, 2.45) is 0 Å². The van der Waals surface area contributed by atoms with Gasteiger partial charge in [0, 0.05) is 13.2 Å². The molecule has 1 unspecified atom stereocenters. The van der Waals surface area contributed by atoms with Crippen LogP contribution < -0.4 is 5.32 Å². The predicted octanol–water partition coefficient (Wildman–Crippen LogP) is 2.89. The number of hydrogen-bond donors (Lipinski definition) is 2. The van der Waals surface area contributed by atoms with Gasteiger partial charge in [0.15, 0.2) is 0 Å². The van der Waals surface area contributed by atoms with E-state index in [0.717, 1.165) is 16.8 Å². The summed E-state index contributed by atoms with van der Waals surface area (Å²) in [6, 6.07) is 13.0. The van der Waals surface area contributed by atoms with Crippen LogP contribution >= 0.6 is 0 Å². The quantitative estimate of drug-likeness (QED) is 0.887. The van der Waals surface area contributed by atoms with E-state index in [4.69, 9.17) is 0 Å². The molecule has 0 aliphatic rings. The Morgan fingerprint density at radius 1 is 1.29 bits per heavy atom. The minimum absolute atomic E-state index is 0.238. The molecule has 0 bridgehead atoms. The van der Waals surface area contributed by atoms with Crippen LogP contribution in [0.2, 0.25) is 0 Å². The van der Waals surface area contributed by atoms with Gasteiger partial charge in [0.05, 0.1) is 23.9 Å². The molecule has 1 heterocycles. The fourth-order valence-electron chi connectivity index (χ4n) is 2.61. The van der Waals surface area contributed by atoms with Crippen molar-refractivity contribution >= 4 is 6.03 Å². The number of carbonyl (C=O) groups is 1. The molecular weight excluding hydrogens is 302 g/mol. The second kappa shape index (κ2) is 7.45. The number of pyridine rings is 1. The van der Waals surface area contributed by atoms with E-state index in [-0.39, 0.29) is 18.6 Å². The van der Waals surface area contributed by atoms with Gasteiger partial charge in [0.2, 0.25) is 0 Å². The van der Waals surface area contributed by atoms with E-state index in [0.29, 0.717) is 0 Å². The van der Waals surface area contributed by atoms with E-state index in [9.17, 15) is 9.90 Å². The number of aliphatic hydroxyl groups is 1. The number of aromatic nitrogens is 1. The first-order valence-electron chi connectivity index (χ1n) is 7.98. The lowest BCUT2D eigenvalue weighted by atomic mass is 10.0. The number of rotatable bonds is 5. The van der Waals surface area contributed by atoms with Crippen molar-refractivity contribution in [3.8, 4) is 0 Å². The second-order valence-corrected chi connectivity index (χ2v) is 6.72. The molecule has 5 nitrogen and oxygen atoms in total. The first-order valence-corrected chi connectivity index (χ1v) is 7.98. The third kappa shape index (κ3) is 5.06. The van der Waals surface area contributed by atoms with Crippen LogP contribution in [0.3, 0.4) is 0 Å². The fraction of sp³-hybridized carbons (Fsp3) is 0.368. The number of aryl methyl sites for hydroxylation is 1. The molecule has 128 valence electrons. The maximum absolute atomic E-state index is 12.5. The van der Waals surface area contributed by atoms with Crippen LogP contribution in [0.1, 0.15) is 36.7 Å². The highest BCUT2D eigenvalue weighted by Gasteiger charge is 2.23. The maximum atomic E-state index is 12.5. The average molecular weight is 327 g/mol. The summed E-state index contributed by atoms with van der Waals surface area (Å²) in [5, 5.41) is 12.9. The highest BCUT2D eigenvalue weighted by Crippen LogP contribution is 2.21. The molecule has 1 atom stereocenters. The lowest BCUT2D eigenvalue weighted by Crippen LogP contribution is -2.45. The standard InChI is InChI=1S/C19H25N3O2/c1-14-8-7-9-15(12-14)17(16-10-5-6-11-20-16)21-18(23)22(4)13-19(2,3)24/h5-12,17,24H,13H2,1-4H3,(H,21,23). The Bertz CT molecular complexity index is 681. The summed E-state index contributed by atoms with van der Waals surface area (Å²) < 4.78 is 0. The second-order valence-electron chi connectivity index (χ2n) is 6.72. The fourth-order valence-corrected chi connectivity index (χ4v) is 2.61. The Morgan fingerprint density at radius 2 is 2.04 bits per heavy atom. The molecule has 24 heavy (non-hydrogen) atoms. The van der Waals surface area contributed by atoms with Gasteiger partial charge in [-0.2, -0.15) is 0 Å². The molecule has 0 saturated heterocycles. The zero-order valence-corrected chi connectivity index (χ0v) is 14.7. The molecule has 0 aliphatic heterocycles. The van der Waals surface area contributed by atoms with E-state index >= 15 is 0 Å². The topological polar surface area (TPSA) is 65.5 Å². The van der Waals surface area contributed by atoms with Crippen molar-refractivity contribution in [3.63, 3.8) is 0 Å². The van der Waals surface area contributed by atoms with Crippen molar-refractivity contribution in [1.82, 2.24) is 15.2 Å². The highest BCUT2D eigenvalue weighted by molar-refractivity contribution is 5.75. The molecule has 2 amide bonds. The average Bonchev–Trinajstić information content (AvgIpc) is 2.51. The Balaban J connectivity index is 2.26. The SMILES string of the molecule is Cc1cccc(C(NC(=O)N(C)CC(C)(C)O)c2ccccn2)c1. The number of carbonyl (C=O) groups excluding carboxylic acids is 1. The predicted molar refractivity (Wildman–Crippen MR) is 94.7 cm³/mol. The zero-order chi connectivity index (χ0) is 17.7. The van der Waals surface area contributed by atoms with Crippen molar-refractivity contribution < 1.29 is 9.90 Å². The molecule has 2 aromatic rings. The van der Waals surface area contributed by atoms with Crippen molar-refractivity contribution in [1.29, 1.82) is 0 Å². The lowest BCUT2D eigenvalue weighted by molar-refractivity contribution is 0.0529. The molecule has 0 radical (unpaired) electrons. The van der Waals surface area contributed by atoms with Gasteiger partial charge in [-0.3, -0.25) is 4.98 Å². The monoisotopic (exact) mass is 327 g/mol. The van der Waals surface area contributed by atoms with Gasteiger partial charge in [0.25, 0.3) is 0 Å². The van der Waals surface area contributed by atoms with Gasteiger partial charge in [-0.25, -0.2) is 4.79 Å². The molecule has 1 aromatic heterocycles. The van der Waals surface area contributed by atoms with Gasteiger partial charge in [0.1, 0.15) is 0 Å². The van der Waals surface area contributed by atoms with Crippen LogP contribution in [0.15, 0.2) is 48.7 Å². The summed E-state index contributed by atoms with van der Waals surface area (Å²) in [5.41, 5.74) is 1.91. The molecule has 2 rings (SSSR count).